The third kappa shape index (κ3) is 3.04. The summed E-state index contributed by atoms with van der Waals surface area (Å²) in [6, 6.07) is 7.61. The van der Waals surface area contributed by atoms with Crippen LogP contribution in [0.1, 0.15) is 24.2 Å². The number of nitrogens with zero attached hydrogens (tertiary/aromatic N) is 2. The highest BCUT2D eigenvalue weighted by Crippen LogP contribution is 2.13. The van der Waals surface area contributed by atoms with Crippen LogP contribution in [0.4, 0.5) is 0 Å². The maximum absolute atomic E-state index is 5.51. The van der Waals surface area contributed by atoms with E-state index in [0.717, 1.165) is 17.7 Å². The highest BCUT2D eigenvalue weighted by Gasteiger charge is 2.05. The van der Waals surface area contributed by atoms with Gasteiger partial charge in [-0.1, -0.05) is 24.2 Å². The molecule has 1 aromatic heterocycles. The Morgan fingerprint density at radius 3 is 2.65 bits per heavy atom. The molecule has 2 rings (SSSR count). The molecule has 5 heteroatoms. The zero-order chi connectivity index (χ0) is 12.1. The SMILES string of the molecule is CCc1noc(COc2ccc(CN)cc2)n1. The standard InChI is InChI=1S/C12H15N3O2/c1-2-11-14-12(17-15-11)8-16-10-5-3-9(7-13)4-6-10/h3-6H,2,7-8,13H2,1H3. The van der Waals surface area contributed by atoms with Gasteiger partial charge in [0.25, 0.3) is 5.89 Å². The summed E-state index contributed by atoms with van der Waals surface area (Å²) in [6.45, 7) is 2.79. The van der Waals surface area contributed by atoms with Crippen LogP contribution in [0.3, 0.4) is 0 Å². The first-order valence-corrected chi connectivity index (χ1v) is 5.55. The van der Waals surface area contributed by atoms with E-state index in [0.29, 0.717) is 18.3 Å². The molecule has 0 amide bonds. The average molecular weight is 233 g/mol. The monoisotopic (exact) mass is 233 g/mol. The Labute approximate surface area is 99.6 Å². The van der Waals surface area contributed by atoms with Crippen LogP contribution < -0.4 is 10.5 Å². The molecule has 0 bridgehead atoms. The van der Waals surface area contributed by atoms with Crippen LogP contribution in [-0.2, 0) is 19.6 Å². The summed E-state index contributed by atoms with van der Waals surface area (Å²) in [5, 5.41) is 3.79. The van der Waals surface area contributed by atoms with Gasteiger partial charge in [-0.15, -0.1) is 0 Å². The Morgan fingerprint density at radius 1 is 1.29 bits per heavy atom. The Balaban J connectivity index is 1.92. The van der Waals surface area contributed by atoms with Crippen molar-refractivity contribution in [1.82, 2.24) is 10.1 Å². The molecule has 0 spiro atoms. The van der Waals surface area contributed by atoms with E-state index < -0.39 is 0 Å². The van der Waals surface area contributed by atoms with Crippen molar-refractivity contribution in [3.05, 3.63) is 41.5 Å². The molecule has 2 aromatic rings. The van der Waals surface area contributed by atoms with Gasteiger partial charge in [-0.25, -0.2) is 0 Å². The van der Waals surface area contributed by atoms with E-state index in [1.807, 2.05) is 31.2 Å². The molecule has 0 fully saturated rings. The number of ether oxygens (including phenoxy) is 1. The molecule has 0 unspecified atom stereocenters. The van der Waals surface area contributed by atoms with Crippen LogP contribution in [0.15, 0.2) is 28.8 Å². The summed E-state index contributed by atoms with van der Waals surface area (Å²) in [7, 11) is 0. The van der Waals surface area contributed by atoms with Gasteiger partial charge in [0.15, 0.2) is 12.4 Å². The largest absolute Gasteiger partial charge is 0.484 e. The molecular weight excluding hydrogens is 218 g/mol. The van der Waals surface area contributed by atoms with Crippen LogP contribution in [0.5, 0.6) is 5.75 Å². The lowest BCUT2D eigenvalue weighted by Crippen LogP contribution is -1.98. The summed E-state index contributed by atoms with van der Waals surface area (Å²) < 4.78 is 10.5. The van der Waals surface area contributed by atoms with E-state index in [1.54, 1.807) is 0 Å². The van der Waals surface area contributed by atoms with Gasteiger partial charge in [-0.2, -0.15) is 4.98 Å². The highest BCUT2D eigenvalue weighted by molar-refractivity contribution is 5.27. The maximum atomic E-state index is 5.51. The van der Waals surface area contributed by atoms with Crippen molar-refractivity contribution in [3.8, 4) is 5.75 Å². The quantitative estimate of drug-likeness (QED) is 0.850. The van der Waals surface area contributed by atoms with Gasteiger partial charge < -0.3 is 15.0 Å². The van der Waals surface area contributed by atoms with Crippen LogP contribution >= 0.6 is 0 Å². The molecule has 0 aliphatic rings. The second-order valence-corrected chi connectivity index (χ2v) is 3.59. The summed E-state index contributed by atoms with van der Waals surface area (Å²) in [6.07, 6.45) is 0.759. The minimum atomic E-state index is 0.287. The van der Waals surface area contributed by atoms with Crippen molar-refractivity contribution in [2.45, 2.75) is 26.5 Å². The van der Waals surface area contributed by atoms with E-state index >= 15 is 0 Å². The highest BCUT2D eigenvalue weighted by atomic mass is 16.5. The zero-order valence-electron chi connectivity index (χ0n) is 9.72. The van der Waals surface area contributed by atoms with Crippen LogP contribution in [0, 0.1) is 0 Å². The summed E-state index contributed by atoms with van der Waals surface area (Å²) in [5.74, 6) is 1.95. The van der Waals surface area contributed by atoms with Crippen molar-refractivity contribution in [1.29, 1.82) is 0 Å². The van der Waals surface area contributed by atoms with Gasteiger partial charge in [-0.3, -0.25) is 0 Å². The first kappa shape index (κ1) is 11.6. The topological polar surface area (TPSA) is 74.2 Å². The van der Waals surface area contributed by atoms with Gasteiger partial charge in [0.2, 0.25) is 0 Å². The summed E-state index contributed by atoms with van der Waals surface area (Å²) in [5.41, 5.74) is 6.58. The van der Waals surface area contributed by atoms with E-state index in [2.05, 4.69) is 10.1 Å². The number of hydrogen-bond donors (Lipinski definition) is 1. The lowest BCUT2D eigenvalue weighted by molar-refractivity contribution is 0.242. The van der Waals surface area contributed by atoms with Crippen molar-refractivity contribution in [3.63, 3.8) is 0 Å². The Kier molecular flexibility index (Phi) is 3.72. The molecule has 1 heterocycles. The number of aromatic nitrogens is 2. The molecule has 17 heavy (non-hydrogen) atoms. The van der Waals surface area contributed by atoms with E-state index in [1.165, 1.54) is 0 Å². The molecular formula is C12H15N3O2. The lowest BCUT2D eigenvalue weighted by Gasteiger charge is -2.03. The molecule has 0 atom stereocenters. The van der Waals surface area contributed by atoms with Crippen LogP contribution in [0.2, 0.25) is 0 Å². The first-order chi connectivity index (χ1) is 8.31. The Bertz CT molecular complexity index is 465. The maximum Gasteiger partial charge on any atom is 0.264 e. The van der Waals surface area contributed by atoms with E-state index in [4.69, 9.17) is 15.0 Å². The minimum Gasteiger partial charge on any atom is -0.484 e. The fourth-order valence-electron chi connectivity index (χ4n) is 1.36. The van der Waals surface area contributed by atoms with Crippen molar-refractivity contribution in [2.75, 3.05) is 0 Å². The van der Waals surface area contributed by atoms with E-state index in [9.17, 15) is 0 Å². The number of rotatable bonds is 5. The van der Waals surface area contributed by atoms with Crippen molar-refractivity contribution < 1.29 is 9.26 Å². The van der Waals surface area contributed by atoms with Gasteiger partial charge in [0, 0.05) is 13.0 Å². The number of benzene rings is 1. The fraction of sp³-hybridized carbons (Fsp3) is 0.333. The van der Waals surface area contributed by atoms with Gasteiger partial charge in [0.1, 0.15) is 5.75 Å². The molecule has 1 aromatic carbocycles. The molecule has 90 valence electrons. The van der Waals surface area contributed by atoms with Gasteiger partial charge in [-0.05, 0) is 17.7 Å². The number of nitrogens with two attached hydrogens (primary N) is 1. The van der Waals surface area contributed by atoms with E-state index in [-0.39, 0.29) is 6.61 Å². The molecule has 2 N–H and O–H groups in total. The summed E-state index contributed by atoms with van der Waals surface area (Å²) >= 11 is 0. The molecule has 0 saturated carbocycles. The van der Waals surface area contributed by atoms with Gasteiger partial charge >= 0.3 is 0 Å². The van der Waals surface area contributed by atoms with Crippen LogP contribution in [0.25, 0.3) is 0 Å². The molecule has 0 radical (unpaired) electrons. The van der Waals surface area contributed by atoms with Crippen molar-refractivity contribution >= 4 is 0 Å². The normalized spacial score (nSPS) is 10.5. The van der Waals surface area contributed by atoms with Crippen molar-refractivity contribution in [2.24, 2.45) is 5.73 Å². The average Bonchev–Trinajstić information content (AvgIpc) is 2.85. The predicted octanol–water partition coefficient (Wildman–Crippen LogP) is 1.67. The zero-order valence-corrected chi connectivity index (χ0v) is 9.72. The number of hydrogen-bond acceptors (Lipinski definition) is 5. The Hall–Kier alpha value is -1.88. The second-order valence-electron chi connectivity index (χ2n) is 3.59. The Morgan fingerprint density at radius 2 is 2.06 bits per heavy atom. The summed E-state index contributed by atoms with van der Waals surface area (Å²) in [4.78, 5) is 4.15. The molecule has 0 aliphatic carbocycles. The second kappa shape index (κ2) is 5.45. The molecule has 0 saturated heterocycles. The molecule has 0 aliphatic heterocycles. The third-order valence-electron chi connectivity index (χ3n) is 2.35. The fourth-order valence-corrected chi connectivity index (χ4v) is 1.36. The smallest absolute Gasteiger partial charge is 0.264 e. The minimum absolute atomic E-state index is 0.287. The molecule has 5 nitrogen and oxygen atoms in total. The first-order valence-electron chi connectivity index (χ1n) is 5.55. The van der Waals surface area contributed by atoms with Gasteiger partial charge in [0.05, 0.1) is 0 Å². The third-order valence-corrected chi connectivity index (χ3v) is 2.35. The predicted molar refractivity (Wildman–Crippen MR) is 62.3 cm³/mol. The lowest BCUT2D eigenvalue weighted by atomic mass is 10.2. The van der Waals surface area contributed by atoms with Crippen LogP contribution in [-0.4, -0.2) is 10.1 Å². The number of aryl methyl sites for hydroxylation is 1.